The summed E-state index contributed by atoms with van der Waals surface area (Å²) in [4.78, 5) is 2.45. The smallest absolute Gasteiger partial charge is 0.0541 e. The van der Waals surface area contributed by atoms with E-state index in [1.54, 1.807) is 0 Å². The third-order valence-corrected chi connectivity index (χ3v) is 12.8. The molecule has 0 amide bonds. The Bertz CT molecular complexity index is 3590. The summed E-state index contributed by atoms with van der Waals surface area (Å²) in [6.45, 7) is 0. The van der Waals surface area contributed by atoms with Gasteiger partial charge in [-0.15, -0.1) is 0 Å². The summed E-state index contributed by atoms with van der Waals surface area (Å²) in [5, 5.41) is 7.56. The molecule has 64 heavy (non-hydrogen) atoms. The Balaban J connectivity index is 1.04. The second-order valence-electron chi connectivity index (χ2n) is 16.5. The van der Waals surface area contributed by atoms with Crippen LogP contribution >= 0.6 is 0 Å². The number of benzene rings is 11. The lowest BCUT2D eigenvalue weighted by Crippen LogP contribution is -2.12. The zero-order valence-corrected chi connectivity index (χ0v) is 35.1. The van der Waals surface area contributed by atoms with Gasteiger partial charge in [-0.3, -0.25) is 0 Å². The van der Waals surface area contributed by atoms with Crippen LogP contribution in [0.25, 0.3) is 93.5 Å². The normalized spacial score (nSPS) is 11.4. The maximum atomic E-state index is 2.45. The van der Waals surface area contributed by atoms with Crippen LogP contribution < -0.4 is 4.90 Å². The molecule has 0 N–H and O–H groups in total. The molecule has 0 bridgehead atoms. The largest absolute Gasteiger partial charge is 0.309 e. The fourth-order valence-electron chi connectivity index (χ4n) is 9.78. The fraction of sp³-hybridized carbons (Fsp3) is 0. The van der Waals surface area contributed by atoms with Crippen LogP contribution in [0, 0.1) is 0 Å². The van der Waals surface area contributed by atoms with Gasteiger partial charge in [0, 0.05) is 33.3 Å². The van der Waals surface area contributed by atoms with Crippen LogP contribution in [0.3, 0.4) is 0 Å². The number of rotatable bonds is 8. The minimum absolute atomic E-state index is 1.08. The molecule has 0 aliphatic carbocycles. The molecule has 0 atom stereocenters. The standard InChI is InChI=1S/C62H42N2/c1-3-17-43(18-4-1)47-35-40-62(58(41-47)44-19-5-2-6-20-44)63(49-38-33-46(34-39-49)57-42-48-21-7-8-22-51(48)53-24-9-10-25-54(53)57)59-28-14-11-23-52(59)45-31-36-50(37-32-45)64-60-29-15-12-26-55(60)56-27-13-16-30-61(56)64/h1-42H. The van der Waals surface area contributed by atoms with E-state index in [0.29, 0.717) is 0 Å². The molecule has 0 radical (unpaired) electrons. The van der Waals surface area contributed by atoms with Crippen molar-refractivity contribution in [2.45, 2.75) is 0 Å². The first kappa shape index (κ1) is 37.3. The molecule has 300 valence electrons. The minimum Gasteiger partial charge on any atom is -0.309 e. The molecule has 1 aromatic heterocycles. The lowest BCUT2D eigenvalue weighted by atomic mass is 9.93. The number of nitrogens with zero attached hydrogens (tertiary/aromatic N) is 2. The van der Waals surface area contributed by atoms with Crippen molar-refractivity contribution < 1.29 is 0 Å². The summed E-state index contributed by atoms with van der Waals surface area (Å²) in [5.74, 6) is 0. The molecular weight excluding hydrogens is 773 g/mol. The van der Waals surface area contributed by atoms with Crippen LogP contribution in [0.5, 0.6) is 0 Å². The van der Waals surface area contributed by atoms with Gasteiger partial charge in [0.1, 0.15) is 0 Å². The zero-order chi connectivity index (χ0) is 42.4. The van der Waals surface area contributed by atoms with Gasteiger partial charge in [0.05, 0.1) is 22.4 Å². The quantitative estimate of drug-likeness (QED) is 0.139. The van der Waals surface area contributed by atoms with Crippen molar-refractivity contribution in [2.24, 2.45) is 0 Å². The van der Waals surface area contributed by atoms with E-state index in [9.17, 15) is 0 Å². The molecule has 0 aliphatic heterocycles. The third-order valence-electron chi connectivity index (χ3n) is 12.8. The number of aromatic nitrogens is 1. The first-order valence-electron chi connectivity index (χ1n) is 22.0. The fourth-order valence-corrected chi connectivity index (χ4v) is 9.78. The van der Waals surface area contributed by atoms with Gasteiger partial charge in [-0.2, -0.15) is 0 Å². The molecule has 0 fully saturated rings. The second-order valence-corrected chi connectivity index (χ2v) is 16.5. The number of para-hydroxylation sites is 3. The summed E-state index contributed by atoms with van der Waals surface area (Å²) in [7, 11) is 0. The lowest BCUT2D eigenvalue weighted by molar-refractivity contribution is 1.18. The van der Waals surface area contributed by atoms with Crippen LogP contribution in [0.1, 0.15) is 0 Å². The number of hydrogen-bond acceptors (Lipinski definition) is 1. The molecule has 0 saturated carbocycles. The summed E-state index contributed by atoms with van der Waals surface area (Å²) in [6, 6.07) is 92.7. The van der Waals surface area contributed by atoms with E-state index in [-0.39, 0.29) is 0 Å². The molecule has 2 nitrogen and oxygen atoms in total. The zero-order valence-electron chi connectivity index (χ0n) is 35.1. The summed E-state index contributed by atoms with van der Waals surface area (Å²) in [5.41, 5.74) is 16.2. The highest BCUT2D eigenvalue weighted by molar-refractivity contribution is 6.14. The minimum atomic E-state index is 1.08. The molecule has 11 aromatic carbocycles. The molecule has 0 unspecified atom stereocenters. The van der Waals surface area contributed by atoms with Crippen LogP contribution in [0.2, 0.25) is 0 Å². The highest BCUT2D eigenvalue weighted by Gasteiger charge is 2.22. The van der Waals surface area contributed by atoms with E-state index < -0.39 is 0 Å². The molecule has 1 heterocycles. The predicted octanol–water partition coefficient (Wildman–Crippen LogP) is 17.2. The van der Waals surface area contributed by atoms with Gasteiger partial charge in [-0.1, -0.05) is 194 Å². The summed E-state index contributed by atoms with van der Waals surface area (Å²) in [6.07, 6.45) is 0. The van der Waals surface area contributed by atoms with Gasteiger partial charge in [-0.25, -0.2) is 0 Å². The SMILES string of the molecule is c1ccc(-c2ccc(N(c3ccc(-c4cc5ccccc5c5ccccc45)cc3)c3ccccc3-c3ccc(-n4c5ccccc5c5ccccc54)cc3)c(-c3ccccc3)c2)cc1. The van der Waals surface area contributed by atoms with Gasteiger partial charge < -0.3 is 9.47 Å². The van der Waals surface area contributed by atoms with Gasteiger partial charge in [0.25, 0.3) is 0 Å². The Morgan fingerprint density at radius 3 is 1.45 bits per heavy atom. The van der Waals surface area contributed by atoms with Gasteiger partial charge >= 0.3 is 0 Å². The first-order valence-corrected chi connectivity index (χ1v) is 22.0. The molecule has 12 aromatic rings. The Morgan fingerprint density at radius 2 is 0.750 bits per heavy atom. The van der Waals surface area contributed by atoms with E-state index >= 15 is 0 Å². The number of fused-ring (bicyclic) bond motifs is 6. The topological polar surface area (TPSA) is 8.17 Å². The molecule has 0 spiro atoms. The van der Waals surface area contributed by atoms with Gasteiger partial charge in [-0.05, 0) is 116 Å². The monoisotopic (exact) mass is 814 g/mol. The number of anilines is 3. The van der Waals surface area contributed by atoms with E-state index in [0.717, 1.165) is 45.0 Å². The van der Waals surface area contributed by atoms with E-state index in [1.165, 1.54) is 65.6 Å². The Morgan fingerprint density at radius 1 is 0.266 bits per heavy atom. The highest BCUT2D eigenvalue weighted by atomic mass is 15.1. The molecule has 0 saturated heterocycles. The molecule has 0 aliphatic rings. The van der Waals surface area contributed by atoms with Crippen molar-refractivity contribution in [3.8, 4) is 50.2 Å². The molecule has 12 rings (SSSR count). The lowest BCUT2D eigenvalue weighted by Gasteiger charge is -2.30. The predicted molar refractivity (Wildman–Crippen MR) is 272 cm³/mol. The summed E-state index contributed by atoms with van der Waals surface area (Å²) >= 11 is 0. The van der Waals surface area contributed by atoms with Crippen molar-refractivity contribution in [3.63, 3.8) is 0 Å². The van der Waals surface area contributed by atoms with Crippen LogP contribution in [-0.4, -0.2) is 4.57 Å². The van der Waals surface area contributed by atoms with Crippen molar-refractivity contribution in [3.05, 3.63) is 255 Å². The third kappa shape index (κ3) is 6.44. The van der Waals surface area contributed by atoms with Crippen molar-refractivity contribution in [1.82, 2.24) is 4.57 Å². The average Bonchev–Trinajstić information content (AvgIpc) is 3.72. The Hall–Kier alpha value is -8.46. The second kappa shape index (κ2) is 15.8. The van der Waals surface area contributed by atoms with Crippen LogP contribution in [0.15, 0.2) is 255 Å². The highest BCUT2D eigenvalue weighted by Crippen LogP contribution is 2.47. The van der Waals surface area contributed by atoms with E-state index in [1.807, 2.05) is 0 Å². The van der Waals surface area contributed by atoms with E-state index in [4.69, 9.17) is 0 Å². The van der Waals surface area contributed by atoms with Crippen molar-refractivity contribution in [2.75, 3.05) is 4.90 Å². The molecule has 2 heteroatoms. The van der Waals surface area contributed by atoms with Crippen LogP contribution in [0.4, 0.5) is 17.1 Å². The van der Waals surface area contributed by atoms with Crippen molar-refractivity contribution in [1.29, 1.82) is 0 Å². The summed E-state index contributed by atoms with van der Waals surface area (Å²) < 4.78 is 2.38. The maximum Gasteiger partial charge on any atom is 0.0541 e. The van der Waals surface area contributed by atoms with Crippen molar-refractivity contribution >= 4 is 60.4 Å². The van der Waals surface area contributed by atoms with Crippen LogP contribution in [-0.2, 0) is 0 Å². The van der Waals surface area contributed by atoms with Gasteiger partial charge in [0.2, 0.25) is 0 Å². The maximum absolute atomic E-state index is 2.45. The average molecular weight is 815 g/mol. The first-order chi connectivity index (χ1) is 31.8. The van der Waals surface area contributed by atoms with Gasteiger partial charge in [0.15, 0.2) is 0 Å². The van der Waals surface area contributed by atoms with E-state index in [2.05, 4.69) is 264 Å². The molecular formula is C62H42N2. The number of hydrogen-bond donors (Lipinski definition) is 0. The Labute approximate surface area is 373 Å². The Kier molecular flexibility index (Phi) is 9.20.